The van der Waals surface area contributed by atoms with Crippen LogP contribution in [0.25, 0.3) is 11.1 Å². The molecule has 1 aliphatic rings. The van der Waals surface area contributed by atoms with Crippen LogP contribution in [0.4, 0.5) is 0 Å². The molecule has 0 radical (unpaired) electrons. The summed E-state index contributed by atoms with van der Waals surface area (Å²) in [4.78, 5) is 14.4. The average molecular weight is 329 g/mol. The molecule has 5 heteroatoms. The molecular weight excluding hydrogens is 309 g/mol. The van der Waals surface area contributed by atoms with Gasteiger partial charge in [-0.3, -0.25) is 9.56 Å². The number of hydrogen-bond acceptors (Lipinski definition) is 3. The van der Waals surface area contributed by atoms with Gasteiger partial charge < -0.3 is 9.42 Å². The Bertz CT molecular complexity index is 753. The Morgan fingerprint density at radius 2 is 1.52 bits per heavy atom. The van der Waals surface area contributed by atoms with Gasteiger partial charge in [-0.05, 0) is 24.5 Å². The van der Waals surface area contributed by atoms with Crippen LogP contribution in [0.3, 0.4) is 0 Å². The Morgan fingerprint density at radius 3 is 2.00 bits per heavy atom. The smallest absolute Gasteiger partial charge is 0.323 e. The molecule has 23 heavy (non-hydrogen) atoms. The van der Waals surface area contributed by atoms with Crippen molar-refractivity contribution in [3.8, 4) is 11.1 Å². The zero-order valence-corrected chi connectivity index (χ0v) is 14.2. The Morgan fingerprint density at radius 1 is 1.04 bits per heavy atom. The molecule has 1 aliphatic carbocycles. The lowest BCUT2D eigenvalue weighted by Gasteiger charge is -2.15. The van der Waals surface area contributed by atoms with Crippen molar-refractivity contribution in [2.45, 2.75) is 26.4 Å². The molecule has 0 saturated heterocycles. The van der Waals surface area contributed by atoms with Gasteiger partial charge in [-0.2, -0.15) is 0 Å². The molecule has 0 aromatic heterocycles. The van der Waals surface area contributed by atoms with Crippen LogP contribution < -0.4 is 0 Å². The average Bonchev–Trinajstić information content (AvgIpc) is 2.87. The number of rotatable bonds is 5. The summed E-state index contributed by atoms with van der Waals surface area (Å²) < 4.78 is 17.4. The highest BCUT2D eigenvalue weighted by atomic mass is 31.2. The minimum absolute atomic E-state index is 0.227. The van der Waals surface area contributed by atoms with E-state index < -0.39 is 7.60 Å². The first-order valence-electron chi connectivity index (χ1n) is 7.75. The van der Waals surface area contributed by atoms with E-state index in [0.29, 0.717) is 6.42 Å². The maximum atomic E-state index is 12.2. The lowest BCUT2D eigenvalue weighted by molar-refractivity contribution is 0.186. The van der Waals surface area contributed by atoms with Gasteiger partial charge in [-0.1, -0.05) is 55.5 Å². The first-order valence-corrected chi connectivity index (χ1v) is 9.52. The summed E-state index contributed by atoms with van der Waals surface area (Å²) in [7, 11) is -3.73. The molecule has 2 atom stereocenters. The van der Waals surface area contributed by atoms with Crippen molar-refractivity contribution in [2.75, 3.05) is 6.29 Å². The van der Waals surface area contributed by atoms with E-state index >= 15 is 0 Å². The monoisotopic (exact) mass is 329 g/mol. The molecule has 2 aromatic carbocycles. The second-order valence-corrected chi connectivity index (χ2v) is 7.47. The molecule has 0 bridgehead atoms. The van der Waals surface area contributed by atoms with Crippen molar-refractivity contribution in [2.24, 2.45) is 4.99 Å². The first kappa shape index (κ1) is 16.1. The molecule has 0 spiro atoms. The number of benzene rings is 2. The van der Waals surface area contributed by atoms with Crippen molar-refractivity contribution in [3.05, 3.63) is 59.7 Å². The first-order chi connectivity index (χ1) is 11.0. The van der Waals surface area contributed by atoms with Crippen LogP contribution in [0.1, 0.15) is 31.4 Å². The number of nitrogens with zero attached hydrogens (tertiary/aromatic N) is 1. The number of aliphatic imine (C=N–C) groups is 1. The molecule has 1 N–H and O–H groups in total. The lowest BCUT2D eigenvalue weighted by Crippen LogP contribution is -2.07. The molecule has 3 rings (SSSR count). The predicted octanol–water partition coefficient (Wildman–Crippen LogP) is 4.46. The summed E-state index contributed by atoms with van der Waals surface area (Å²) in [6.45, 7) is 3.70. The van der Waals surface area contributed by atoms with E-state index in [1.54, 1.807) is 6.92 Å². The van der Waals surface area contributed by atoms with Gasteiger partial charge in [0.1, 0.15) is 6.29 Å². The van der Waals surface area contributed by atoms with Crippen LogP contribution in [0.5, 0.6) is 0 Å². The minimum atomic E-state index is -3.73. The highest BCUT2D eigenvalue weighted by Crippen LogP contribution is 2.45. The summed E-state index contributed by atoms with van der Waals surface area (Å²) in [6.07, 6.45) is 0.205. The van der Waals surface area contributed by atoms with Crippen molar-refractivity contribution in [3.63, 3.8) is 0 Å². The highest BCUT2D eigenvalue weighted by molar-refractivity contribution is 7.52. The summed E-state index contributed by atoms with van der Waals surface area (Å²) >= 11 is 0. The van der Waals surface area contributed by atoms with E-state index in [1.165, 1.54) is 0 Å². The van der Waals surface area contributed by atoms with Crippen LogP contribution in [0.2, 0.25) is 0 Å². The van der Waals surface area contributed by atoms with Crippen molar-refractivity contribution in [1.29, 1.82) is 0 Å². The Labute approximate surface area is 136 Å². The zero-order chi connectivity index (χ0) is 16.4. The molecule has 120 valence electrons. The van der Waals surface area contributed by atoms with Gasteiger partial charge in [0.15, 0.2) is 0 Å². The lowest BCUT2D eigenvalue weighted by atomic mass is 10.1. The van der Waals surface area contributed by atoms with Gasteiger partial charge in [0.05, 0.1) is 11.8 Å². The summed E-state index contributed by atoms with van der Waals surface area (Å²) in [5.41, 5.74) is 4.97. The van der Waals surface area contributed by atoms with Crippen LogP contribution in [0, 0.1) is 0 Å². The fraction of sp³-hybridized carbons (Fsp3) is 0.278. The quantitative estimate of drug-likeness (QED) is 0.703. The van der Waals surface area contributed by atoms with Crippen molar-refractivity contribution < 1.29 is 14.0 Å². The van der Waals surface area contributed by atoms with Crippen LogP contribution in [-0.2, 0) is 9.09 Å². The molecule has 0 fully saturated rings. The Balaban J connectivity index is 1.95. The van der Waals surface area contributed by atoms with E-state index in [-0.39, 0.29) is 12.4 Å². The van der Waals surface area contributed by atoms with Crippen LogP contribution in [-0.4, -0.2) is 23.0 Å². The molecule has 2 aromatic rings. The Hall–Kier alpha value is -1.74. The molecular formula is C18H20NO3P. The maximum Gasteiger partial charge on any atom is 0.349 e. The van der Waals surface area contributed by atoms with Gasteiger partial charge in [-0.25, -0.2) is 0 Å². The standard InChI is InChI=1S/C18H20NO3P/c1-3-13(2)22-23(20,21)12-19-18-16-10-6-4-8-14(16)15-9-5-7-11-17(15)18/h4-11,13H,3,12H2,1-2H3,(H,20,21). The summed E-state index contributed by atoms with van der Waals surface area (Å²) in [5.74, 6) is 0. The molecule has 0 amide bonds. The number of hydrogen-bond donors (Lipinski definition) is 1. The zero-order valence-electron chi connectivity index (χ0n) is 13.3. The number of fused-ring (bicyclic) bond motifs is 3. The van der Waals surface area contributed by atoms with E-state index in [1.807, 2.05) is 55.5 Å². The fourth-order valence-corrected chi connectivity index (χ4v) is 3.81. The van der Waals surface area contributed by atoms with E-state index in [2.05, 4.69) is 4.99 Å². The molecule has 4 nitrogen and oxygen atoms in total. The van der Waals surface area contributed by atoms with Gasteiger partial charge in [0, 0.05) is 11.1 Å². The third kappa shape index (κ3) is 3.30. The summed E-state index contributed by atoms with van der Waals surface area (Å²) in [5, 5.41) is 0. The van der Waals surface area contributed by atoms with E-state index in [9.17, 15) is 9.46 Å². The van der Waals surface area contributed by atoms with Gasteiger partial charge >= 0.3 is 7.60 Å². The largest absolute Gasteiger partial charge is 0.349 e. The second-order valence-electron chi connectivity index (χ2n) is 5.70. The van der Waals surface area contributed by atoms with Crippen LogP contribution >= 0.6 is 7.60 Å². The van der Waals surface area contributed by atoms with Crippen LogP contribution in [0.15, 0.2) is 53.5 Å². The SMILES string of the molecule is CCC(C)OP(=O)(O)CN=C1c2ccccc2-c2ccccc21. The fourth-order valence-electron chi connectivity index (χ4n) is 2.71. The van der Waals surface area contributed by atoms with Gasteiger partial charge in [0.25, 0.3) is 0 Å². The topological polar surface area (TPSA) is 58.9 Å². The third-order valence-electron chi connectivity index (χ3n) is 3.98. The molecule has 0 aliphatic heterocycles. The van der Waals surface area contributed by atoms with Crippen molar-refractivity contribution in [1.82, 2.24) is 0 Å². The maximum absolute atomic E-state index is 12.2. The Kier molecular flexibility index (Phi) is 4.49. The summed E-state index contributed by atoms with van der Waals surface area (Å²) in [6, 6.07) is 16.0. The highest BCUT2D eigenvalue weighted by Gasteiger charge is 2.26. The van der Waals surface area contributed by atoms with Gasteiger partial charge in [-0.15, -0.1) is 0 Å². The van der Waals surface area contributed by atoms with Crippen molar-refractivity contribution >= 4 is 13.3 Å². The minimum Gasteiger partial charge on any atom is -0.323 e. The van der Waals surface area contributed by atoms with E-state index in [4.69, 9.17) is 4.52 Å². The second kappa shape index (κ2) is 6.40. The van der Waals surface area contributed by atoms with Gasteiger partial charge in [0.2, 0.25) is 0 Å². The van der Waals surface area contributed by atoms with E-state index in [0.717, 1.165) is 28.0 Å². The molecule has 0 saturated carbocycles. The molecule has 0 heterocycles. The predicted molar refractivity (Wildman–Crippen MR) is 93.0 cm³/mol. The normalized spacial score (nSPS) is 16.4. The third-order valence-corrected chi connectivity index (χ3v) is 5.17. The molecule has 2 unspecified atom stereocenters.